The molecule has 3 N–H and O–H groups in total. The number of fused-ring (bicyclic) bond motifs is 1. The van der Waals surface area contributed by atoms with Crippen LogP contribution >= 0.6 is 24.8 Å². The molecule has 0 aromatic carbocycles. The van der Waals surface area contributed by atoms with Crippen molar-refractivity contribution in [2.24, 2.45) is 0 Å². The largest absolute Gasteiger partial charge is 0.387 e. The third kappa shape index (κ3) is 4.31. The third-order valence-electron chi connectivity index (χ3n) is 3.63. The Balaban J connectivity index is 0.00000110. The maximum atomic E-state index is 10.2. The van der Waals surface area contributed by atoms with Gasteiger partial charge >= 0.3 is 0 Å². The number of pyridine rings is 1. The van der Waals surface area contributed by atoms with Gasteiger partial charge in [0.1, 0.15) is 5.65 Å². The summed E-state index contributed by atoms with van der Waals surface area (Å²) in [5.74, 6) is 0. The third-order valence-corrected chi connectivity index (χ3v) is 3.63. The average molecular weight is 333 g/mol. The Hall–Kier alpha value is -0.850. The molecule has 5 nitrogen and oxygen atoms in total. The molecular formula is C14H22Cl2N4O. The number of halogens is 2. The van der Waals surface area contributed by atoms with Crippen LogP contribution in [-0.4, -0.2) is 39.7 Å². The molecule has 0 bridgehead atoms. The minimum atomic E-state index is -0.601. The SMILES string of the molecule is Cc1ccc2nc(CNCC3(O)CCNC3)cn2c1.Cl.Cl. The van der Waals surface area contributed by atoms with Crippen LogP contribution in [0.25, 0.3) is 5.65 Å². The van der Waals surface area contributed by atoms with Crippen molar-refractivity contribution < 1.29 is 5.11 Å². The normalized spacial score (nSPS) is 21.0. The van der Waals surface area contributed by atoms with Gasteiger partial charge in [-0.05, 0) is 31.5 Å². The molecule has 21 heavy (non-hydrogen) atoms. The summed E-state index contributed by atoms with van der Waals surface area (Å²) >= 11 is 0. The molecular weight excluding hydrogens is 311 g/mol. The number of aryl methyl sites for hydroxylation is 1. The zero-order valence-electron chi connectivity index (χ0n) is 12.0. The molecule has 2 aromatic heterocycles. The second-order valence-corrected chi connectivity index (χ2v) is 5.46. The van der Waals surface area contributed by atoms with E-state index in [-0.39, 0.29) is 24.8 Å². The molecule has 0 amide bonds. The molecule has 1 saturated heterocycles. The second kappa shape index (κ2) is 7.42. The summed E-state index contributed by atoms with van der Waals surface area (Å²) in [5, 5.41) is 16.7. The first kappa shape index (κ1) is 18.2. The summed E-state index contributed by atoms with van der Waals surface area (Å²) in [5.41, 5.74) is 2.58. The number of β-amino-alcohol motifs (C(OH)–C–C–N with tert-alkyl or cyclic N) is 1. The van der Waals surface area contributed by atoms with Crippen LogP contribution in [0.5, 0.6) is 0 Å². The molecule has 0 spiro atoms. The van der Waals surface area contributed by atoms with E-state index in [2.05, 4.69) is 34.8 Å². The maximum absolute atomic E-state index is 10.2. The van der Waals surface area contributed by atoms with Gasteiger partial charge in [-0.15, -0.1) is 24.8 Å². The van der Waals surface area contributed by atoms with E-state index in [4.69, 9.17) is 0 Å². The van der Waals surface area contributed by atoms with E-state index in [9.17, 15) is 5.11 Å². The van der Waals surface area contributed by atoms with Crippen LogP contribution in [0, 0.1) is 6.92 Å². The standard InChI is InChI=1S/C14H20N4O.2ClH/c1-11-2-3-13-17-12(8-18(13)7-11)6-16-10-14(19)4-5-15-9-14;;/h2-3,7-8,15-16,19H,4-6,9-10H2,1H3;2*1H. The van der Waals surface area contributed by atoms with E-state index in [1.54, 1.807) is 0 Å². The first-order chi connectivity index (χ1) is 9.15. The zero-order chi connectivity index (χ0) is 13.3. The van der Waals surface area contributed by atoms with Crippen molar-refractivity contribution in [3.63, 3.8) is 0 Å². The zero-order valence-corrected chi connectivity index (χ0v) is 13.6. The molecule has 1 aliphatic rings. The van der Waals surface area contributed by atoms with Gasteiger partial charge in [0.25, 0.3) is 0 Å². The lowest BCUT2D eigenvalue weighted by atomic mass is 10.0. The number of aromatic nitrogens is 2. The van der Waals surface area contributed by atoms with E-state index in [0.717, 1.165) is 24.3 Å². The molecule has 1 fully saturated rings. The van der Waals surface area contributed by atoms with E-state index < -0.39 is 5.60 Å². The fourth-order valence-corrected chi connectivity index (χ4v) is 2.55. The quantitative estimate of drug-likeness (QED) is 0.789. The predicted octanol–water partition coefficient (Wildman–Crippen LogP) is 1.30. The Bertz CT molecular complexity index is 581. The van der Waals surface area contributed by atoms with E-state index in [1.807, 2.05) is 16.7 Å². The van der Waals surface area contributed by atoms with Crippen molar-refractivity contribution in [2.45, 2.75) is 25.5 Å². The van der Waals surface area contributed by atoms with Crippen LogP contribution in [0.4, 0.5) is 0 Å². The molecule has 3 heterocycles. The second-order valence-electron chi connectivity index (χ2n) is 5.46. The Morgan fingerprint density at radius 1 is 1.38 bits per heavy atom. The summed E-state index contributed by atoms with van der Waals surface area (Å²) < 4.78 is 2.04. The summed E-state index contributed by atoms with van der Waals surface area (Å²) in [6, 6.07) is 4.08. The highest BCUT2D eigenvalue weighted by Gasteiger charge is 2.30. The fraction of sp³-hybridized carbons (Fsp3) is 0.500. The van der Waals surface area contributed by atoms with Crippen molar-refractivity contribution in [3.8, 4) is 0 Å². The van der Waals surface area contributed by atoms with Gasteiger partial charge in [0, 0.05) is 32.0 Å². The lowest BCUT2D eigenvalue weighted by Crippen LogP contribution is -2.42. The Morgan fingerprint density at radius 3 is 2.90 bits per heavy atom. The van der Waals surface area contributed by atoms with Crippen LogP contribution in [0.15, 0.2) is 24.5 Å². The van der Waals surface area contributed by atoms with Crippen LogP contribution in [0.3, 0.4) is 0 Å². The molecule has 0 radical (unpaired) electrons. The van der Waals surface area contributed by atoms with Gasteiger partial charge < -0.3 is 20.1 Å². The summed E-state index contributed by atoms with van der Waals surface area (Å²) in [4.78, 5) is 4.54. The van der Waals surface area contributed by atoms with Crippen molar-refractivity contribution in [1.82, 2.24) is 20.0 Å². The lowest BCUT2D eigenvalue weighted by molar-refractivity contribution is 0.0608. The monoisotopic (exact) mass is 332 g/mol. The summed E-state index contributed by atoms with van der Waals surface area (Å²) in [6.07, 6.45) is 4.91. The molecule has 0 saturated carbocycles. The number of imidazole rings is 1. The molecule has 3 rings (SSSR count). The van der Waals surface area contributed by atoms with Gasteiger partial charge in [-0.2, -0.15) is 0 Å². The molecule has 1 unspecified atom stereocenters. The number of rotatable bonds is 4. The number of nitrogens with one attached hydrogen (secondary N) is 2. The molecule has 7 heteroatoms. The van der Waals surface area contributed by atoms with Gasteiger partial charge in [-0.3, -0.25) is 0 Å². The fourth-order valence-electron chi connectivity index (χ4n) is 2.55. The smallest absolute Gasteiger partial charge is 0.137 e. The number of aliphatic hydroxyl groups is 1. The lowest BCUT2D eigenvalue weighted by Gasteiger charge is -2.21. The van der Waals surface area contributed by atoms with Crippen molar-refractivity contribution in [3.05, 3.63) is 35.8 Å². The summed E-state index contributed by atoms with van der Waals surface area (Å²) in [6.45, 7) is 4.92. The number of nitrogens with zero attached hydrogens (tertiary/aromatic N) is 2. The Kier molecular flexibility index (Phi) is 6.43. The Labute approximate surface area is 137 Å². The van der Waals surface area contributed by atoms with Crippen molar-refractivity contribution in [1.29, 1.82) is 0 Å². The molecule has 1 aliphatic heterocycles. The first-order valence-corrected chi connectivity index (χ1v) is 6.73. The first-order valence-electron chi connectivity index (χ1n) is 6.73. The highest BCUT2D eigenvalue weighted by molar-refractivity contribution is 5.85. The topological polar surface area (TPSA) is 61.6 Å². The minimum Gasteiger partial charge on any atom is -0.387 e. The van der Waals surface area contributed by atoms with Crippen LogP contribution in [0.1, 0.15) is 17.7 Å². The van der Waals surface area contributed by atoms with Crippen LogP contribution < -0.4 is 10.6 Å². The molecule has 118 valence electrons. The van der Waals surface area contributed by atoms with E-state index in [1.165, 1.54) is 5.56 Å². The average Bonchev–Trinajstić information content (AvgIpc) is 2.95. The maximum Gasteiger partial charge on any atom is 0.137 e. The number of hydrogen-bond donors (Lipinski definition) is 3. The molecule has 2 aromatic rings. The minimum absolute atomic E-state index is 0. The number of hydrogen-bond acceptors (Lipinski definition) is 4. The van der Waals surface area contributed by atoms with E-state index in [0.29, 0.717) is 19.6 Å². The predicted molar refractivity (Wildman–Crippen MR) is 88.6 cm³/mol. The highest BCUT2D eigenvalue weighted by Crippen LogP contribution is 2.13. The van der Waals surface area contributed by atoms with Gasteiger partial charge in [-0.25, -0.2) is 4.98 Å². The Morgan fingerprint density at radius 2 is 2.19 bits per heavy atom. The van der Waals surface area contributed by atoms with Crippen LogP contribution in [-0.2, 0) is 6.54 Å². The van der Waals surface area contributed by atoms with Gasteiger partial charge in [0.05, 0.1) is 11.3 Å². The van der Waals surface area contributed by atoms with Crippen LogP contribution in [0.2, 0.25) is 0 Å². The van der Waals surface area contributed by atoms with Gasteiger partial charge in [0.15, 0.2) is 0 Å². The van der Waals surface area contributed by atoms with Gasteiger partial charge in [-0.1, -0.05) is 6.07 Å². The van der Waals surface area contributed by atoms with E-state index >= 15 is 0 Å². The van der Waals surface area contributed by atoms with Crippen molar-refractivity contribution in [2.75, 3.05) is 19.6 Å². The van der Waals surface area contributed by atoms with Gasteiger partial charge in [0.2, 0.25) is 0 Å². The molecule has 0 aliphatic carbocycles. The van der Waals surface area contributed by atoms with Crippen molar-refractivity contribution >= 4 is 30.5 Å². The molecule has 1 atom stereocenters. The highest BCUT2D eigenvalue weighted by atomic mass is 35.5. The summed E-state index contributed by atoms with van der Waals surface area (Å²) in [7, 11) is 0.